The third kappa shape index (κ3) is 3.20. The summed E-state index contributed by atoms with van der Waals surface area (Å²) in [4.78, 5) is 10.9. The first kappa shape index (κ1) is 12.0. The van der Waals surface area contributed by atoms with E-state index in [0.29, 0.717) is 0 Å². The zero-order valence-electron chi connectivity index (χ0n) is 8.70. The monoisotopic (exact) mass is 268 g/mol. The van der Waals surface area contributed by atoms with Crippen molar-refractivity contribution in [3.05, 3.63) is 42.0 Å². The molecule has 0 heterocycles. The van der Waals surface area contributed by atoms with Gasteiger partial charge in [-0.3, -0.25) is 4.79 Å². The Hall–Kier alpha value is -1.09. The fraction of sp³-hybridized carbons (Fsp3) is 0.250. The first-order chi connectivity index (χ1) is 6.93. The number of hydrogen-bond donors (Lipinski definition) is 1. The lowest BCUT2D eigenvalue weighted by Crippen LogP contribution is -2.20. The van der Waals surface area contributed by atoms with Crippen LogP contribution in [0.1, 0.15) is 19.4 Å². The molecule has 2 nitrogen and oxygen atoms in total. The molecule has 0 amide bonds. The third-order valence-electron chi connectivity index (χ3n) is 2.09. The van der Waals surface area contributed by atoms with E-state index >= 15 is 0 Å². The molecule has 15 heavy (non-hydrogen) atoms. The Morgan fingerprint density at radius 3 is 2.33 bits per heavy atom. The molecule has 0 saturated carbocycles. The predicted octanol–water partition coefficient (Wildman–Crippen LogP) is 3.53. The van der Waals surface area contributed by atoms with E-state index in [9.17, 15) is 4.79 Å². The van der Waals surface area contributed by atoms with Gasteiger partial charge >= 0.3 is 5.97 Å². The van der Waals surface area contributed by atoms with Crippen LogP contribution >= 0.6 is 15.9 Å². The minimum atomic E-state index is -0.866. The van der Waals surface area contributed by atoms with Crippen molar-refractivity contribution in [2.45, 2.75) is 13.8 Å². The molecule has 0 bridgehead atoms. The van der Waals surface area contributed by atoms with Gasteiger partial charge in [0.2, 0.25) is 0 Å². The average molecular weight is 269 g/mol. The van der Waals surface area contributed by atoms with Crippen LogP contribution in [0, 0.1) is 5.41 Å². The Morgan fingerprint density at radius 2 is 1.87 bits per heavy atom. The summed E-state index contributed by atoms with van der Waals surface area (Å²) in [6.07, 6.45) is 1.70. The fourth-order valence-electron chi connectivity index (χ4n) is 1.06. The molecule has 1 aromatic rings. The van der Waals surface area contributed by atoms with Crippen molar-refractivity contribution in [2.24, 2.45) is 5.41 Å². The first-order valence-electron chi connectivity index (χ1n) is 4.60. The molecular weight excluding hydrogens is 256 g/mol. The van der Waals surface area contributed by atoms with E-state index in [2.05, 4.69) is 15.9 Å². The highest BCUT2D eigenvalue weighted by Crippen LogP contribution is 2.28. The quantitative estimate of drug-likeness (QED) is 0.911. The van der Waals surface area contributed by atoms with Crippen molar-refractivity contribution < 1.29 is 9.90 Å². The van der Waals surface area contributed by atoms with Crippen molar-refractivity contribution in [2.75, 3.05) is 0 Å². The number of rotatable bonds is 3. The highest BCUT2D eigenvalue weighted by atomic mass is 79.9. The van der Waals surface area contributed by atoms with E-state index < -0.39 is 11.4 Å². The van der Waals surface area contributed by atoms with Crippen LogP contribution in [0.15, 0.2) is 36.4 Å². The summed E-state index contributed by atoms with van der Waals surface area (Å²) in [7, 11) is 0. The van der Waals surface area contributed by atoms with Crippen molar-refractivity contribution in [3.8, 4) is 0 Å². The summed E-state index contributed by atoms with van der Waals surface area (Å²) >= 11 is 3.39. The zero-order valence-corrected chi connectivity index (χ0v) is 10.3. The van der Waals surface area contributed by atoms with Crippen molar-refractivity contribution in [1.29, 1.82) is 0 Å². The van der Waals surface area contributed by atoms with Crippen LogP contribution in [0.5, 0.6) is 0 Å². The summed E-state index contributed by atoms with van der Waals surface area (Å²) in [6, 6.07) is 9.61. The van der Waals surface area contributed by atoms with Gasteiger partial charge in [-0.2, -0.15) is 0 Å². The van der Waals surface area contributed by atoms with Gasteiger partial charge in [-0.15, -0.1) is 0 Å². The molecule has 0 saturated heterocycles. The maximum atomic E-state index is 10.9. The molecule has 1 rings (SSSR count). The second-order valence-corrected chi connectivity index (χ2v) is 4.74. The number of aliphatic carboxylic acids is 1. The molecule has 0 aliphatic heterocycles. The Labute approximate surface area is 97.8 Å². The Balaban J connectivity index is 3.00. The van der Waals surface area contributed by atoms with Crippen LogP contribution in [-0.2, 0) is 4.79 Å². The third-order valence-corrected chi connectivity index (χ3v) is 2.78. The van der Waals surface area contributed by atoms with Gasteiger partial charge < -0.3 is 5.11 Å². The first-order valence-corrected chi connectivity index (χ1v) is 5.40. The van der Waals surface area contributed by atoms with Crippen LogP contribution in [0.2, 0.25) is 0 Å². The molecule has 0 aliphatic carbocycles. The van der Waals surface area contributed by atoms with Gasteiger partial charge in [-0.25, -0.2) is 0 Å². The van der Waals surface area contributed by atoms with Gasteiger partial charge in [0.25, 0.3) is 0 Å². The number of carbonyl (C=O) groups is 1. The predicted molar refractivity (Wildman–Crippen MR) is 64.8 cm³/mol. The van der Waals surface area contributed by atoms with Crippen LogP contribution in [-0.4, -0.2) is 11.1 Å². The van der Waals surface area contributed by atoms with Gasteiger partial charge in [0.1, 0.15) is 0 Å². The SMILES string of the molecule is CC(C)(/C=C(/Br)c1ccccc1)C(=O)O. The lowest BCUT2D eigenvalue weighted by molar-refractivity contribution is -0.144. The van der Waals surface area contributed by atoms with Crippen molar-refractivity contribution >= 4 is 26.4 Å². The van der Waals surface area contributed by atoms with Gasteiger partial charge in [0, 0.05) is 4.48 Å². The molecule has 1 aromatic carbocycles. The zero-order chi connectivity index (χ0) is 11.5. The number of hydrogen-bond acceptors (Lipinski definition) is 1. The lowest BCUT2D eigenvalue weighted by atomic mass is 9.92. The van der Waals surface area contributed by atoms with Crippen molar-refractivity contribution in [1.82, 2.24) is 0 Å². The van der Waals surface area contributed by atoms with E-state index in [-0.39, 0.29) is 0 Å². The highest BCUT2D eigenvalue weighted by Gasteiger charge is 2.24. The number of benzene rings is 1. The average Bonchev–Trinajstić information content (AvgIpc) is 2.18. The second kappa shape index (κ2) is 4.62. The minimum absolute atomic E-state index is 0.801. The maximum Gasteiger partial charge on any atom is 0.312 e. The van der Waals surface area contributed by atoms with Crippen LogP contribution < -0.4 is 0 Å². The molecular formula is C12H13BrO2. The van der Waals surface area contributed by atoms with E-state index in [1.165, 1.54) is 0 Å². The van der Waals surface area contributed by atoms with E-state index in [1.807, 2.05) is 30.3 Å². The second-order valence-electron chi connectivity index (χ2n) is 3.89. The molecule has 0 fully saturated rings. The van der Waals surface area contributed by atoms with Crippen LogP contribution in [0.4, 0.5) is 0 Å². The van der Waals surface area contributed by atoms with Gasteiger partial charge in [-0.05, 0) is 19.4 Å². The normalized spacial score (nSPS) is 12.6. The Kier molecular flexibility index (Phi) is 3.69. The standard InChI is InChI=1S/C12H13BrO2/c1-12(2,11(14)15)8-10(13)9-6-4-3-5-7-9/h3-8H,1-2H3,(H,14,15)/b10-8+. The summed E-state index contributed by atoms with van der Waals surface area (Å²) in [5.74, 6) is -0.838. The number of carboxylic acid groups (broad SMARTS) is 1. The number of halogens is 1. The Bertz CT molecular complexity index is 380. The smallest absolute Gasteiger partial charge is 0.312 e. The molecule has 0 unspecified atom stereocenters. The van der Waals surface area contributed by atoms with Gasteiger partial charge in [0.05, 0.1) is 5.41 Å². The maximum absolute atomic E-state index is 10.9. The van der Waals surface area contributed by atoms with E-state index in [0.717, 1.165) is 10.0 Å². The molecule has 80 valence electrons. The molecule has 1 N–H and O–H groups in total. The Morgan fingerprint density at radius 1 is 1.33 bits per heavy atom. The number of carboxylic acids is 1. The van der Waals surface area contributed by atoms with E-state index in [1.54, 1.807) is 19.9 Å². The molecule has 0 aliphatic rings. The summed E-state index contributed by atoms with van der Waals surface area (Å²) in [5, 5.41) is 8.97. The fourth-order valence-corrected chi connectivity index (χ4v) is 1.90. The molecule has 0 aromatic heterocycles. The van der Waals surface area contributed by atoms with Crippen LogP contribution in [0.3, 0.4) is 0 Å². The summed E-state index contributed by atoms with van der Waals surface area (Å²) in [6.45, 7) is 3.33. The largest absolute Gasteiger partial charge is 0.481 e. The lowest BCUT2D eigenvalue weighted by Gasteiger charge is -2.14. The highest BCUT2D eigenvalue weighted by molar-refractivity contribution is 9.15. The summed E-state index contributed by atoms with van der Waals surface area (Å²) in [5.41, 5.74) is 0.112. The minimum Gasteiger partial charge on any atom is -0.481 e. The topological polar surface area (TPSA) is 37.3 Å². The molecule has 0 atom stereocenters. The van der Waals surface area contributed by atoms with Crippen LogP contribution in [0.25, 0.3) is 4.48 Å². The van der Waals surface area contributed by atoms with Gasteiger partial charge in [0.15, 0.2) is 0 Å². The molecule has 3 heteroatoms. The van der Waals surface area contributed by atoms with E-state index in [4.69, 9.17) is 5.11 Å². The summed E-state index contributed by atoms with van der Waals surface area (Å²) < 4.78 is 0.801. The molecule has 0 radical (unpaired) electrons. The molecule has 0 spiro atoms. The van der Waals surface area contributed by atoms with Crippen molar-refractivity contribution in [3.63, 3.8) is 0 Å². The van der Waals surface area contributed by atoms with Gasteiger partial charge in [-0.1, -0.05) is 52.3 Å².